The first-order chi connectivity index (χ1) is 8.90. The average molecular weight is 352 g/mol. The fraction of sp³-hybridized carbons (Fsp3) is 0.500. The SMILES string of the molecule is CC1OCCC1CNS(=O)(=O)c1ccc(Br)cc1F. The summed E-state index contributed by atoms with van der Waals surface area (Å²) in [5.41, 5.74) is 0. The largest absolute Gasteiger partial charge is 0.378 e. The molecule has 0 saturated carbocycles. The van der Waals surface area contributed by atoms with E-state index in [1.807, 2.05) is 6.92 Å². The molecule has 0 radical (unpaired) electrons. The van der Waals surface area contributed by atoms with Gasteiger partial charge in [0, 0.05) is 23.5 Å². The monoisotopic (exact) mass is 351 g/mol. The van der Waals surface area contributed by atoms with Gasteiger partial charge in [0.1, 0.15) is 10.7 Å². The Morgan fingerprint density at radius 2 is 2.26 bits per heavy atom. The van der Waals surface area contributed by atoms with Crippen LogP contribution in [-0.4, -0.2) is 27.7 Å². The molecule has 0 amide bonds. The molecule has 1 saturated heterocycles. The molecule has 1 N–H and O–H groups in total. The lowest BCUT2D eigenvalue weighted by Crippen LogP contribution is -2.32. The molecule has 2 atom stereocenters. The minimum atomic E-state index is -3.82. The summed E-state index contributed by atoms with van der Waals surface area (Å²) in [6, 6.07) is 3.88. The predicted octanol–water partition coefficient (Wildman–Crippen LogP) is 2.29. The number of hydrogen-bond acceptors (Lipinski definition) is 3. The summed E-state index contributed by atoms with van der Waals surface area (Å²) >= 11 is 3.09. The van der Waals surface area contributed by atoms with Gasteiger partial charge in [-0.3, -0.25) is 0 Å². The molecule has 1 aromatic rings. The highest BCUT2D eigenvalue weighted by molar-refractivity contribution is 9.10. The summed E-state index contributed by atoms with van der Waals surface area (Å²) < 4.78 is 46.0. The number of sulfonamides is 1. The first kappa shape index (κ1) is 14.9. The average Bonchev–Trinajstić information content (AvgIpc) is 2.72. The van der Waals surface area contributed by atoms with Crippen LogP contribution in [0, 0.1) is 11.7 Å². The number of rotatable bonds is 4. The number of halogens is 2. The topological polar surface area (TPSA) is 55.4 Å². The third-order valence-electron chi connectivity index (χ3n) is 3.25. The van der Waals surface area contributed by atoms with Crippen molar-refractivity contribution in [1.82, 2.24) is 4.72 Å². The quantitative estimate of drug-likeness (QED) is 0.905. The van der Waals surface area contributed by atoms with Crippen LogP contribution in [0.4, 0.5) is 4.39 Å². The second-order valence-electron chi connectivity index (χ2n) is 4.55. The van der Waals surface area contributed by atoms with Crippen LogP contribution in [0.25, 0.3) is 0 Å². The molecule has 1 fully saturated rings. The molecule has 1 heterocycles. The molecule has 0 bridgehead atoms. The molecular weight excluding hydrogens is 337 g/mol. The number of benzene rings is 1. The van der Waals surface area contributed by atoms with E-state index in [9.17, 15) is 12.8 Å². The summed E-state index contributed by atoms with van der Waals surface area (Å²) in [5, 5.41) is 0. The Morgan fingerprint density at radius 1 is 1.53 bits per heavy atom. The lowest BCUT2D eigenvalue weighted by atomic mass is 10.0. The molecule has 0 spiro atoms. The van der Waals surface area contributed by atoms with Crippen molar-refractivity contribution in [3.63, 3.8) is 0 Å². The molecule has 1 aliphatic rings. The van der Waals surface area contributed by atoms with Crippen LogP contribution in [0.3, 0.4) is 0 Å². The minimum Gasteiger partial charge on any atom is -0.378 e. The molecule has 7 heteroatoms. The van der Waals surface area contributed by atoms with Crippen molar-refractivity contribution in [3.8, 4) is 0 Å². The molecule has 2 unspecified atom stereocenters. The number of hydrogen-bond donors (Lipinski definition) is 1. The van der Waals surface area contributed by atoms with E-state index in [2.05, 4.69) is 20.7 Å². The molecule has 0 aromatic heterocycles. The molecular formula is C12H15BrFNO3S. The van der Waals surface area contributed by atoms with E-state index in [1.165, 1.54) is 12.1 Å². The van der Waals surface area contributed by atoms with Gasteiger partial charge in [0.15, 0.2) is 0 Å². The summed E-state index contributed by atoms with van der Waals surface area (Å²) in [6.07, 6.45) is 0.837. The lowest BCUT2D eigenvalue weighted by molar-refractivity contribution is 0.107. The van der Waals surface area contributed by atoms with Crippen molar-refractivity contribution >= 4 is 26.0 Å². The Morgan fingerprint density at radius 3 is 2.84 bits per heavy atom. The second-order valence-corrected chi connectivity index (χ2v) is 7.20. The maximum absolute atomic E-state index is 13.6. The minimum absolute atomic E-state index is 0.0254. The van der Waals surface area contributed by atoms with Crippen molar-refractivity contribution in [3.05, 3.63) is 28.5 Å². The van der Waals surface area contributed by atoms with Gasteiger partial charge in [-0.1, -0.05) is 15.9 Å². The van der Waals surface area contributed by atoms with Crippen molar-refractivity contribution in [1.29, 1.82) is 0 Å². The van der Waals surface area contributed by atoms with Gasteiger partial charge in [0.2, 0.25) is 10.0 Å². The van der Waals surface area contributed by atoms with Gasteiger partial charge in [-0.25, -0.2) is 17.5 Å². The van der Waals surface area contributed by atoms with Crippen LogP contribution in [0.2, 0.25) is 0 Å². The molecule has 4 nitrogen and oxygen atoms in total. The molecule has 106 valence electrons. The van der Waals surface area contributed by atoms with Gasteiger partial charge in [0.25, 0.3) is 0 Å². The first-order valence-corrected chi connectivity index (χ1v) is 8.24. The fourth-order valence-electron chi connectivity index (χ4n) is 2.03. The zero-order chi connectivity index (χ0) is 14.0. The van der Waals surface area contributed by atoms with Crippen LogP contribution in [0.15, 0.2) is 27.6 Å². The standard InChI is InChI=1S/C12H15BrFNO3S/c1-8-9(4-5-18-8)7-15-19(16,17)12-3-2-10(13)6-11(12)14/h2-3,6,8-9,15H,4-5,7H2,1H3. The highest BCUT2D eigenvalue weighted by atomic mass is 79.9. The van der Waals surface area contributed by atoms with E-state index in [0.29, 0.717) is 11.1 Å². The molecule has 2 rings (SSSR count). The smallest absolute Gasteiger partial charge is 0.243 e. The van der Waals surface area contributed by atoms with Crippen molar-refractivity contribution < 1.29 is 17.5 Å². The zero-order valence-electron chi connectivity index (χ0n) is 10.4. The number of nitrogens with one attached hydrogen (secondary N) is 1. The fourth-order valence-corrected chi connectivity index (χ4v) is 3.52. The summed E-state index contributed by atoms with van der Waals surface area (Å²) in [7, 11) is -3.82. The van der Waals surface area contributed by atoms with Crippen molar-refractivity contribution in [2.24, 2.45) is 5.92 Å². The summed E-state index contributed by atoms with van der Waals surface area (Å²) in [4.78, 5) is -0.331. The van der Waals surface area contributed by atoms with Gasteiger partial charge in [-0.05, 0) is 31.5 Å². The van der Waals surface area contributed by atoms with Crippen LogP contribution >= 0.6 is 15.9 Å². The summed E-state index contributed by atoms with van der Waals surface area (Å²) in [6.45, 7) is 2.81. The van der Waals surface area contributed by atoms with Crippen LogP contribution < -0.4 is 4.72 Å². The Bertz CT molecular complexity index is 564. The Hall–Kier alpha value is -0.500. The number of ether oxygens (including phenoxy) is 1. The Labute approximate surface area is 120 Å². The van der Waals surface area contributed by atoms with Crippen LogP contribution in [0.1, 0.15) is 13.3 Å². The molecule has 0 aliphatic carbocycles. The maximum Gasteiger partial charge on any atom is 0.243 e. The predicted molar refractivity (Wildman–Crippen MR) is 72.8 cm³/mol. The van der Waals surface area contributed by atoms with Crippen LogP contribution in [0.5, 0.6) is 0 Å². The highest BCUT2D eigenvalue weighted by Gasteiger charge is 2.27. The highest BCUT2D eigenvalue weighted by Crippen LogP contribution is 2.22. The van der Waals surface area contributed by atoms with Gasteiger partial charge in [0.05, 0.1) is 6.10 Å². The van der Waals surface area contributed by atoms with E-state index in [1.54, 1.807) is 0 Å². The maximum atomic E-state index is 13.6. The Balaban J connectivity index is 2.09. The third-order valence-corrected chi connectivity index (χ3v) is 5.20. The molecule has 1 aromatic carbocycles. The van der Waals surface area contributed by atoms with E-state index < -0.39 is 15.8 Å². The first-order valence-electron chi connectivity index (χ1n) is 5.96. The molecule has 1 aliphatic heterocycles. The van der Waals surface area contributed by atoms with E-state index in [0.717, 1.165) is 12.5 Å². The van der Waals surface area contributed by atoms with E-state index in [4.69, 9.17) is 4.74 Å². The summed E-state index contributed by atoms with van der Waals surface area (Å²) in [5.74, 6) is -0.633. The van der Waals surface area contributed by atoms with Crippen molar-refractivity contribution in [2.75, 3.05) is 13.2 Å². The van der Waals surface area contributed by atoms with Gasteiger partial charge in [-0.2, -0.15) is 0 Å². The second kappa shape index (κ2) is 5.87. The zero-order valence-corrected chi connectivity index (χ0v) is 12.8. The third kappa shape index (κ3) is 3.53. The van der Waals surface area contributed by atoms with Gasteiger partial charge in [-0.15, -0.1) is 0 Å². The van der Waals surface area contributed by atoms with E-state index >= 15 is 0 Å². The van der Waals surface area contributed by atoms with Crippen LogP contribution in [-0.2, 0) is 14.8 Å². The molecule has 19 heavy (non-hydrogen) atoms. The van der Waals surface area contributed by atoms with Gasteiger partial charge >= 0.3 is 0 Å². The van der Waals surface area contributed by atoms with Gasteiger partial charge < -0.3 is 4.74 Å². The Kier molecular flexibility index (Phi) is 4.60. The normalized spacial score (nSPS) is 23.7. The van der Waals surface area contributed by atoms with Crippen molar-refractivity contribution in [2.45, 2.75) is 24.3 Å². The lowest BCUT2D eigenvalue weighted by Gasteiger charge is -2.15. The van der Waals surface area contributed by atoms with E-state index in [-0.39, 0.29) is 23.5 Å².